The second-order valence-electron chi connectivity index (χ2n) is 5.34. The molecule has 2 unspecified atom stereocenters. The molecule has 0 aliphatic carbocycles. The number of likely N-dealkylation sites (tertiary alicyclic amines) is 1. The van der Waals surface area contributed by atoms with Crippen LogP contribution in [0.2, 0.25) is 0 Å². The lowest BCUT2D eigenvalue weighted by molar-refractivity contribution is -0.0551. The van der Waals surface area contributed by atoms with Crippen molar-refractivity contribution in [3.05, 3.63) is 0 Å². The first kappa shape index (κ1) is 9.47. The first-order chi connectivity index (χ1) is 6.09. The number of hydrogen-bond donors (Lipinski definition) is 0. The predicted molar refractivity (Wildman–Crippen MR) is 53.8 cm³/mol. The molecule has 2 aliphatic heterocycles. The first-order valence-corrected chi connectivity index (χ1v) is 5.43. The fourth-order valence-electron chi connectivity index (χ4n) is 2.61. The molecule has 0 spiro atoms. The molecule has 2 aliphatic rings. The Hall–Kier alpha value is -0.0800. The third kappa shape index (κ3) is 1.75. The van der Waals surface area contributed by atoms with Gasteiger partial charge in [-0.3, -0.25) is 4.90 Å². The van der Waals surface area contributed by atoms with Crippen molar-refractivity contribution in [3.63, 3.8) is 0 Å². The van der Waals surface area contributed by atoms with Crippen molar-refractivity contribution in [2.75, 3.05) is 19.8 Å². The van der Waals surface area contributed by atoms with Gasteiger partial charge in [0.1, 0.15) is 0 Å². The molecule has 0 N–H and O–H groups in total. The van der Waals surface area contributed by atoms with Crippen LogP contribution in [0.3, 0.4) is 0 Å². The topological polar surface area (TPSA) is 12.5 Å². The predicted octanol–water partition coefficient (Wildman–Crippen LogP) is 1.90. The van der Waals surface area contributed by atoms with Crippen LogP contribution in [-0.4, -0.2) is 36.2 Å². The van der Waals surface area contributed by atoms with Crippen LogP contribution < -0.4 is 0 Å². The van der Waals surface area contributed by atoms with Crippen molar-refractivity contribution in [1.29, 1.82) is 0 Å². The van der Waals surface area contributed by atoms with E-state index in [1.165, 1.54) is 19.4 Å². The number of fused-ring (bicyclic) bond motifs is 1. The Bertz CT molecular complexity index is 185. The van der Waals surface area contributed by atoms with Gasteiger partial charge in [0.2, 0.25) is 0 Å². The van der Waals surface area contributed by atoms with Crippen LogP contribution in [0.1, 0.15) is 33.6 Å². The van der Waals surface area contributed by atoms with E-state index in [0.717, 1.165) is 25.2 Å². The quantitative estimate of drug-likeness (QED) is 0.568. The minimum atomic E-state index is 0.353. The van der Waals surface area contributed by atoms with E-state index in [1.54, 1.807) is 0 Å². The van der Waals surface area contributed by atoms with E-state index in [4.69, 9.17) is 4.74 Å². The van der Waals surface area contributed by atoms with Crippen LogP contribution in [0.25, 0.3) is 0 Å². The van der Waals surface area contributed by atoms with Crippen molar-refractivity contribution >= 4 is 0 Å². The first-order valence-electron chi connectivity index (χ1n) is 5.43. The number of hydrogen-bond acceptors (Lipinski definition) is 2. The lowest BCUT2D eigenvalue weighted by Crippen LogP contribution is -2.63. The summed E-state index contributed by atoms with van der Waals surface area (Å²) in [5, 5.41) is 0. The van der Waals surface area contributed by atoms with Gasteiger partial charge in [-0.2, -0.15) is 0 Å². The summed E-state index contributed by atoms with van der Waals surface area (Å²) in [4.78, 5) is 2.63. The highest BCUT2D eigenvalue weighted by atomic mass is 16.5. The van der Waals surface area contributed by atoms with E-state index in [2.05, 4.69) is 25.7 Å². The van der Waals surface area contributed by atoms with Crippen molar-refractivity contribution in [1.82, 2.24) is 4.90 Å². The SMILES string of the molecule is CC(C)(C)N1CC2CCOCCC21. The van der Waals surface area contributed by atoms with Gasteiger partial charge in [-0.05, 0) is 39.5 Å². The summed E-state index contributed by atoms with van der Waals surface area (Å²) in [5.41, 5.74) is 0.353. The zero-order valence-electron chi connectivity index (χ0n) is 9.05. The van der Waals surface area contributed by atoms with Gasteiger partial charge in [0.25, 0.3) is 0 Å². The average molecular weight is 183 g/mol. The second kappa shape index (κ2) is 3.25. The molecule has 2 nitrogen and oxygen atoms in total. The summed E-state index contributed by atoms with van der Waals surface area (Å²) in [6, 6.07) is 0.808. The summed E-state index contributed by atoms with van der Waals surface area (Å²) in [6.07, 6.45) is 2.51. The standard InChI is InChI=1S/C11H21NO/c1-11(2,3)12-8-9-4-6-13-7-5-10(9)12/h9-10H,4-8H2,1-3H3. The van der Waals surface area contributed by atoms with Crippen LogP contribution in [0.5, 0.6) is 0 Å². The van der Waals surface area contributed by atoms with Gasteiger partial charge < -0.3 is 4.74 Å². The molecule has 0 aromatic carbocycles. The monoisotopic (exact) mass is 183 g/mol. The number of ether oxygens (including phenoxy) is 1. The largest absolute Gasteiger partial charge is 0.381 e. The van der Waals surface area contributed by atoms with Gasteiger partial charge in [-0.15, -0.1) is 0 Å². The lowest BCUT2D eigenvalue weighted by atomic mass is 9.80. The fourth-order valence-corrected chi connectivity index (χ4v) is 2.61. The van der Waals surface area contributed by atoms with Crippen LogP contribution >= 0.6 is 0 Å². The molecule has 2 heterocycles. The Balaban J connectivity index is 1.98. The Kier molecular flexibility index (Phi) is 2.37. The summed E-state index contributed by atoms with van der Waals surface area (Å²) >= 11 is 0. The maximum absolute atomic E-state index is 5.51. The third-order valence-corrected chi connectivity index (χ3v) is 3.43. The zero-order chi connectivity index (χ0) is 9.47. The van der Waals surface area contributed by atoms with Crippen LogP contribution in [-0.2, 0) is 4.74 Å². The molecule has 2 fully saturated rings. The smallest absolute Gasteiger partial charge is 0.0481 e. The Morgan fingerprint density at radius 1 is 1.15 bits per heavy atom. The molecule has 0 aromatic rings. The molecular weight excluding hydrogens is 162 g/mol. The van der Waals surface area contributed by atoms with E-state index in [9.17, 15) is 0 Å². The summed E-state index contributed by atoms with van der Waals surface area (Å²) in [5.74, 6) is 0.918. The van der Waals surface area contributed by atoms with Crippen molar-refractivity contribution in [3.8, 4) is 0 Å². The number of rotatable bonds is 0. The van der Waals surface area contributed by atoms with E-state index in [0.29, 0.717) is 5.54 Å². The minimum Gasteiger partial charge on any atom is -0.381 e. The van der Waals surface area contributed by atoms with Gasteiger partial charge >= 0.3 is 0 Å². The molecule has 2 saturated heterocycles. The lowest BCUT2D eigenvalue weighted by Gasteiger charge is -2.54. The molecule has 0 bridgehead atoms. The average Bonchev–Trinajstić information content (AvgIpc) is 2.10. The highest BCUT2D eigenvalue weighted by Crippen LogP contribution is 2.37. The van der Waals surface area contributed by atoms with E-state index in [1.807, 2.05) is 0 Å². The van der Waals surface area contributed by atoms with Crippen molar-refractivity contribution in [2.45, 2.75) is 45.2 Å². The van der Waals surface area contributed by atoms with E-state index < -0.39 is 0 Å². The molecule has 2 atom stereocenters. The molecule has 0 aromatic heterocycles. The summed E-state index contributed by atoms with van der Waals surface area (Å²) in [6.45, 7) is 10.2. The maximum atomic E-state index is 5.51. The van der Waals surface area contributed by atoms with Gasteiger partial charge in [-0.25, -0.2) is 0 Å². The van der Waals surface area contributed by atoms with Gasteiger partial charge in [-0.1, -0.05) is 0 Å². The Morgan fingerprint density at radius 2 is 1.85 bits per heavy atom. The third-order valence-electron chi connectivity index (χ3n) is 3.43. The molecule has 2 rings (SSSR count). The summed E-state index contributed by atoms with van der Waals surface area (Å²) in [7, 11) is 0. The molecule has 13 heavy (non-hydrogen) atoms. The molecule has 2 heteroatoms. The van der Waals surface area contributed by atoms with E-state index >= 15 is 0 Å². The normalized spacial score (nSPS) is 36.2. The minimum absolute atomic E-state index is 0.353. The zero-order valence-corrected chi connectivity index (χ0v) is 9.05. The highest BCUT2D eigenvalue weighted by Gasteiger charge is 2.43. The van der Waals surface area contributed by atoms with Crippen LogP contribution in [0, 0.1) is 5.92 Å². The molecular formula is C11H21NO. The van der Waals surface area contributed by atoms with Crippen molar-refractivity contribution in [2.24, 2.45) is 5.92 Å². The van der Waals surface area contributed by atoms with Crippen LogP contribution in [0.4, 0.5) is 0 Å². The second-order valence-corrected chi connectivity index (χ2v) is 5.34. The van der Waals surface area contributed by atoms with Gasteiger partial charge in [0.05, 0.1) is 0 Å². The van der Waals surface area contributed by atoms with Crippen LogP contribution in [0.15, 0.2) is 0 Å². The number of nitrogens with zero attached hydrogens (tertiary/aromatic N) is 1. The highest BCUT2D eigenvalue weighted by molar-refractivity contribution is 4.98. The van der Waals surface area contributed by atoms with Gasteiger partial charge in [0, 0.05) is 31.3 Å². The molecule has 0 radical (unpaired) electrons. The Morgan fingerprint density at radius 3 is 2.54 bits per heavy atom. The van der Waals surface area contributed by atoms with Crippen molar-refractivity contribution < 1.29 is 4.74 Å². The van der Waals surface area contributed by atoms with Gasteiger partial charge in [0.15, 0.2) is 0 Å². The molecule has 0 amide bonds. The Labute approximate surface area is 81.3 Å². The maximum Gasteiger partial charge on any atom is 0.0481 e. The summed E-state index contributed by atoms with van der Waals surface area (Å²) < 4.78 is 5.51. The van der Waals surface area contributed by atoms with E-state index in [-0.39, 0.29) is 0 Å². The molecule has 76 valence electrons. The fraction of sp³-hybridized carbons (Fsp3) is 1.00. The molecule has 0 saturated carbocycles.